The molecule has 6 nitrogen and oxygen atoms in total. The number of esters is 1. The number of ether oxygens (including phenoxy) is 2. The summed E-state index contributed by atoms with van der Waals surface area (Å²) in [6.45, 7) is -0.880. The zero-order chi connectivity index (χ0) is 22.6. The Morgan fingerprint density at radius 2 is 1.97 bits per heavy atom. The van der Waals surface area contributed by atoms with E-state index < -0.39 is 30.2 Å². The van der Waals surface area contributed by atoms with E-state index >= 15 is 0 Å². The number of benzene rings is 2. The first-order chi connectivity index (χ1) is 14.7. The molecule has 0 saturated carbocycles. The van der Waals surface area contributed by atoms with Gasteiger partial charge in [-0.15, -0.1) is 24.2 Å². The second-order valence-corrected chi connectivity index (χ2v) is 7.41. The van der Waals surface area contributed by atoms with Crippen molar-refractivity contribution in [2.45, 2.75) is 23.2 Å². The van der Waals surface area contributed by atoms with Gasteiger partial charge in [0.25, 0.3) is 5.91 Å². The molecule has 1 amide bonds. The van der Waals surface area contributed by atoms with Gasteiger partial charge in [0.05, 0.1) is 18.0 Å². The average molecular weight is 440 g/mol. The van der Waals surface area contributed by atoms with E-state index in [0.29, 0.717) is 11.4 Å². The van der Waals surface area contributed by atoms with Gasteiger partial charge in [-0.1, -0.05) is 24.3 Å². The van der Waals surface area contributed by atoms with Crippen LogP contribution in [-0.4, -0.2) is 45.2 Å². The van der Waals surface area contributed by atoms with Gasteiger partial charge in [0.1, 0.15) is 5.75 Å². The molecule has 3 rings (SSSR count). The van der Waals surface area contributed by atoms with Crippen LogP contribution in [0.5, 0.6) is 5.75 Å². The Morgan fingerprint density at radius 1 is 1.24 bits per heavy atom. The van der Waals surface area contributed by atoms with Gasteiger partial charge in [0.15, 0.2) is 6.10 Å². The number of nitrogens with zero attached hydrogens (tertiary/aromatic N) is 1. The van der Waals surface area contributed by atoms with E-state index in [1.54, 1.807) is 25.3 Å². The molecule has 2 aromatic carbocycles. The van der Waals surface area contributed by atoms with Crippen LogP contribution >= 0.6 is 24.2 Å². The molecular weight excluding hydrogens is 412 g/mol. The topological polar surface area (TPSA) is 67.9 Å². The second kappa shape index (κ2) is 10.5. The standard InChI is InChI=1S/C21H24N2O4S.ClH/c1-14(24)27-19-20(15-8-10-16(26-3)11-9-15)28-18-7-5-4-6-17(18)23(21(19)25)13-12-22-2;/h4-11,19-20,22H,12-13H2,1-3H3;1H/t19-,20+;/m1./s1/i2D3;. The number of halogens is 1. The van der Waals surface area contributed by atoms with Gasteiger partial charge in [0.2, 0.25) is 0 Å². The van der Waals surface area contributed by atoms with Gasteiger partial charge in [-0.3, -0.25) is 9.59 Å². The fourth-order valence-corrected chi connectivity index (χ4v) is 4.42. The van der Waals surface area contributed by atoms with E-state index in [1.807, 2.05) is 30.3 Å². The van der Waals surface area contributed by atoms with Crippen LogP contribution in [0, 0.1) is 0 Å². The number of rotatable bonds is 6. The summed E-state index contributed by atoms with van der Waals surface area (Å²) in [7, 11) is 1.57. The van der Waals surface area contributed by atoms with Crippen molar-refractivity contribution in [3.8, 4) is 5.75 Å². The maximum absolute atomic E-state index is 13.5. The van der Waals surface area contributed by atoms with Crippen LogP contribution in [0.2, 0.25) is 0 Å². The Labute approximate surface area is 185 Å². The largest absolute Gasteiger partial charge is 0.497 e. The van der Waals surface area contributed by atoms with Gasteiger partial charge in [-0.2, -0.15) is 0 Å². The molecule has 8 heteroatoms. The molecule has 0 bridgehead atoms. The number of hydrogen-bond acceptors (Lipinski definition) is 6. The minimum Gasteiger partial charge on any atom is -0.497 e. The minimum absolute atomic E-state index is 0. The Kier molecular flexibility index (Phi) is 6.82. The van der Waals surface area contributed by atoms with Crippen molar-refractivity contribution in [2.75, 3.05) is 32.1 Å². The Bertz CT molecular complexity index is 943. The molecule has 0 spiro atoms. The van der Waals surface area contributed by atoms with Crippen LogP contribution in [-0.2, 0) is 14.3 Å². The summed E-state index contributed by atoms with van der Waals surface area (Å²) in [5, 5.41) is 1.95. The Morgan fingerprint density at radius 3 is 2.62 bits per heavy atom. The molecule has 1 aliphatic heterocycles. The molecule has 2 atom stereocenters. The van der Waals surface area contributed by atoms with E-state index in [2.05, 4.69) is 5.32 Å². The zero-order valence-corrected chi connectivity index (χ0v) is 17.7. The quantitative estimate of drug-likeness (QED) is 0.695. The highest BCUT2D eigenvalue weighted by Gasteiger charge is 2.40. The molecule has 0 aliphatic carbocycles. The summed E-state index contributed by atoms with van der Waals surface area (Å²) in [6.07, 6.45) is -1.07. The van der Waals surface area contributed by atoms with Crippen LogP contribution in [0.4, 0.5) is 5.69 Å². The molecule has 0 unspecified atom stereocenters. The number of thioether (sulfide) groups is 1. The highest BCUT2D eigenvalue weighted by Crippen LogP contribution is 2.46. The molecule has 29 heavy (non-hydrogen) atoms. The predicted octanol–water partition coefficient (Wildman–Crippen LogP) is 3.45. The number of fused-ring (bicyclic) bond motifs is 1. The van der Waals surface area contributed by atoms with E-state index in [4.69, 9.17) is 13.6 Å². The fourth-order valence-electron chi connectivity index (χ4n) is 3.11. The van der Waals surface area contributed by atoms with Crippen molar-refractivity contribution in [1.29, 1.82) is 0 Å². The first-order valence-electron chi connectivity index (χ1n) is 10.3. The normalized spacial score (nSPS) is 20.3. The zero-order valence-electron chi connectivity index (χ0n) is 19.1. The Hall–Kier alpha value is -2.22. The molecule has 0 radical (unpaired) electrons. The van der Waals surface area contributed by atoms with Gasteiger partial charge in [-0.05, 0) is 36.8 Å². The highest BCUT2D eigenvalue weighted by molar-refractivity contribution is 7.99. The number of nitrogens with one attached hydrogen (secondary N) is 1. The molecule has 0 fully saturated rings. The van der Waals surface area contributed by atoms with Crippen LogP contribution in [0.15, 0.2) is 53.4 Å². The number of likely N-dealkylation sites (N-methyl/N-ethyl adjacent to an activating group) is 1. The van der Waals surface area contributed by atoms with Crippen molar-refractivity contribution in [3.63, 3.8) is 0 Å². The summed E-state index contributed by atoms with van der Waals surface area (Å²) < 4.78 is 32.7. The summed E-state index contributed by atoms with van der Waals surface area (Å²) in [6, 6.07) is 14.6. The van der Waals surface area contributed by atoms with Gasteiger partial charge < -0.3 is 19.7 Å². The number of hydrogen-bond donors (Lipinski definition) is 1. The van der Waals surface area contributed by atoms with Crippen LogP contribution < -0.4 is 15.0 Å². The molecule has 1 N–H and O–H groups in total. The van der Waals surface area contributed by atoms with Crippen molar-refractivity contribution < 1.29 is 23.2 Å². The monoisotopic (exact) mass is 439 g/mol. The lowest BCUT2D eigenvalue weighted by Gasteiger charge is -2.27. The third-order valence-electron chi connectivity index (χ3n) is 4.39. The molecule has 0 aromatic heterocycles. The first-order valence-corrected chi connectivity index (χ1v) is 9.71. The van der Waals surface area contributed by atoms with Gasteiger partial charge in [0, 0.05) is 29.0 Å². The van der Waals surface area contributed by atoms with Crippen molar-refractivity contribution in [2.24, 2.45) is 0 Å². The number of carbonyl (C=O) groups excluding carboxylic acids is 2. The summed E-state index contributed by atoms with van der Waals surface area (Å²) in [5.41, 5.74) is 1.46. The van der Waals surface area contributed by atoms with E-state index in [0.717, 1.165) is 10.5 Å². The lowest BCUT2D eigenvalue weighted by atomic mass is 10.1. The Balaban J connectivity index is 0.00000363. The second-order valence-electron chi connectivity index (χ2n) is 6.23. The van der Waals surface area contributed by atoms with Crippen LogP contribution in [0.3, 0.4) is 0 Å². The number of amides is 1. The van der Waals surface area contributed by atoms with E-state index in [1.165, 1.54) is 23.6 Å². The minimum atomic E-state index is -2.32. The van der Waals surface area contributed by atoms with Crippen molar-refractivity contribution >= 4 is 41.7 Å². The van der Waals surface area contributed by atoms with E-state index in [-0.39, 0.29) is 25.5 Å². The van der Waals surface area contributed by atoms with Gasteiger partial charge >= 0.3 is 5.97 Å². The van der Waals surface area contributed by atoms with E-state index in [9.17, 15) is 9.59 Å². The van der Waals surface area contributed by atoms with Crippen molar-refractivity contribution in [1.82, 2.24) is 5.32 Å². The first kappa shape index (κ1) is 18.8. The third-order valence-corrected chi connectivity index (χ3v) is 5.76. The maximum atomic E-state index is 13.5. The number of carbonyl (C=O) groups is 2. The summed E-state index contributed by atoms with van der Waals surface area (Å²) in [5.74, 6) is -0.291. The molecule has 0 saturated heterocycles. The number of methoxy groups -OCH3 is 1. The summed E-state index contributed by atoms with van der Waals surface area (Å²) >= 11 is 1.43. The molecular formula is C21H25ClN2O4S. The van der Waals surface area contributed by atoms with Crippen molar-refractivity contribution in [3.05, 3.63) is 54.1 Å². The van der Waals surface area contributed by atoms with Crippen LogP contribution in [0.1, 0.15) is 21.8 Å². The fraction of sp³-hybridized carbons (Fsp3) is 0.333. The number of anilines is 1. The maximum Gasteiger partial charge on any atom is 0.303 e. The van der Waals surface area contributed by atoms with Crippen LogP contribution in [0.25, 0.3) is 0 Å². The predicted molar refractivity (Wildman–Crippen MR) is 117 cm³/mol. The lowest BCUT2D eigenvalue weighted by Crippen LogP contribution is -2.45. The molecule has 1 heterocycles. The molecule has 2 aromatic rings. The number of para-hydroxylation sites is 1. The lowest BCUT2D eigenvalue weighted by molar-refractivity contribution is -0.152. The average Bonchev–Trinajstić information content (AvgIpc) is 2.83. The smallest absolute Gasteiger partial charge is 0.303 e. The molecule has 156 valence electrons. The molecule has 1 aliphatic rings. The van der Waals surface area contributed by atoms with Gasteiger partial charge in [-0.25, -0.2) is 0 Å². The third kappa shape index (κ3) is 5.23. The summed E-state index contributed by atoms with van der Waals surface area (Å²) in [4.78, 5) is 27.7. The SMILES string of the molecule is Cl.[2H]C([2H])([2H])NCCN1C(=O)[C@H](OC(C)=O)[C@H](c2ccc(OC)cc2)Sc2ccccc21. The highest BCUT2D eigenvalue weighted by atomic mass is 35.5.